The van der Waals surface area contributed by atoms with Gasteiger partial charge < -0.3 is 4.90 Å². The number of nitriles is 1. The summed E-state index contributed by atoms with van der Waals surface area (Å²) in [5, 5.41) is 18.7. The number of halogens is 1. The fourth-order valence-corrected chi connectivity index (χ4v) is 3.09. The van der Waals surface area contributed by atoms with Crippen molar-refractivity contribution in [3.05, 3.63) is 33.9 Å². The molecule has 0 spiro atoms. The molecule has 1 amide bonds. The predicted molar refractivity (Wildman–Crippen MR) is 73.3 cm³/mol. The summed E-state index contributed by atoms with van der Waals surface area (Å²) in [7, 11) is 1.29. The number of anilines is 1. The Balaban J connectivity index is 2.46. The number of rotatable bonds is 3. The smallest absolute Gasteiger partial charge is 0.294 e. The first-order valence-corrected chi connectivity index (χ1v) is 8.03. The van der Waals surface area contributed by atoms with Gasteiger partial charge in [0, 0.05) is 29.7 Å². The quantitative estimate of drug-likeness (QED) is 0.465. The molecule has 0 saturated carbocycles. The number of nitrogens with zero attached hydrogens (tertiary/aromatic N) is 3. The molecule has 1 atom stereocenters. The van der Waals surface area contributed by atoms with E-state index in [0.717, 1.165) is 11.0 Å². The van der Waals surface area contributed by atoms with Gasteiger partial charge in [-0.15, -0.1) is 0 Å². The van der Waals surface area contributed by atoms with E-state index in [0.29, 0.717) is 0 Å². The molecule has 21 heavy (non-hydrogen) atoms. The molecule has 2 rings (SSSR count). The van der Waals surface area contributed by atoms with Crippen LogP contribution in [0, 0.1) is 21.4 Å². The third-order valence-corrected chi connectivity index (χ3v) is 4.95. The average molecular weight is 330 g/mol. The molecule has 1 aromatic rings. The Labute approximate surface area is 124 Å². The normalized spacial score (nSPS) is 18.6. The maximum Gasteiger partial charge on any atom is 0.294 e. The zero-order valence-electron chi connectivity index (χ0n) is 10.4. The van der Waals surface area contributed by atoms with E-state index in [9.17, 15) is 23.3 Å². The van der Waals surface area contributed by atoms with Gasteiger partial charge in [0.1, 0.15) is 10.9 Å². The van der Waals surface area contributed by atoms with Gasteiger partial charge >= 0.3 is 0 Å². The third-order valence-electron chi connectivity index (χ3n) is 3.08. The van der Waals surface area contributed by atoms with E-state index in [2.05, 4.69) is 0 Å². The molecule has 0 radical (unpaired) electrons. The van der Waals surface area contributed by atoms with Crippen LogP contribution in [-0.2, 0) is 13.8 Å². The predicted octanol–water partition coefficient (Wildman–Crippen LogP) is 1.14. The minimum absolute atomic E-state index is 0.0492. The Morgan fingerprint density at radius 2 is 2.14 bits per heavy atom. The van der Waals surface area contributed by atoms with Gasteiger partial charge in [-0.1, -0.05) is 0 Å². The molecule has 110 valence electrons. The van der Waals surface area contributed by atoms with Crippen LogP contribution >= 0.6 is 10.7 Å². The van der Waals surface area contributed by atoms with E-state index >= 15 is 0 Å². The Morgan fingerprint density at radius 3 is 2.62 bits per heavy atom. The summed E-state index contributed by atoms with van der Waals surface area (Å²) in [6.07, 6.45) is -0.330. The largest absolute Gasteiger partial charge is 0.305 e. The van der Waals surface area contributed by atoms with Crippen LogP contribution in [0.15, 0.2) is 18.2 Å². The van der Waals surface area contributed by atoms with Crippen LogP contribution in [0.4, 0.5) is 11.4 Å². The van der Waals surface area contributed by atoms with E-state index in [-0.39, 0.29) is 24.2 Å². The summed E-state index contributed by atoms with van der Waals surface area (Å²) >= 11 is 0. The van der Waals surface area contributed by atoms with Crippen LogP contribution in [0.25, 0.3) is 0 Å². The first-order valence-electron chi connectivity index (χ1n) is 5.66. The topological polar surface area (TPSA) is 121 Å². The van der Waals surface area contributed by atoms with E-state index in [4.69, 9.17) is 15.9 Å². The molecule has 1 saturated heterocycles. The van der Waals surface area contributed by atoms with Gasteiger partial charge in [-0.25, -0.2) is 8.42 Å². The summed E-state index contributed by atoms with van der Waals surface area (Å²) in [4.78, 5) is 23.2. The van der Waals surface area contributed by atoms with Gasteiger partial charge in [0.15, 0.2) is 0 Å². The maximum absolute atomic E-state index is 11.9. The zero-order chi connectivity index (χ0) is 15.8. The highest BCUT2D eigenvalue weighted by atomic mass is 35.7. The minimum Gasteiger partial charge on any atom is -0.305 e. The lowest BCUT2D eigenvalue weighted by Crippen LogP contribution is -2.27. The summed E-state index contributed by atoms with van der Waals surface area (Å²) in [6, 6.07) is 5.36. The van der Waals surface area contributed by atoms with Crippen LogP contribution in [0.2, 0.25) is 0 Å². The van der Waals surface area contributed by atoms with Crippen molar-refractivity contribution >= 4 is 37.0 Å². The molecule has 8 nitrogen and oxygen atoms in total. The van der Waals surface area contributed by atoms with Crippen molar-refractivity contribution in [2.45, 2.75) is 11.7 Å². The molecule has 1 aromatic carbocycles. The van der Waals surface area contributed by atoms with Crippen molar-refractivity contribution in [2.75, 3.05) is 11.4 Å². The lowest BCUT2D eigenvalue weighted by Gasteiger charge is -2.16. The van der Waals surface area contributed by atoms with Gasteiger partial charge in [0.25, 0.3) is 5.69 Å². The number of hydrogen-bond donors (Lipinski definition) is 0. The molecule has 1 heterocycles. The average Bonchev–Trinajstić information content (AvgIpc) is 2.80. The van der Waals surface area contributed by atoms with Crippen LogP contribution in [-0.4, -0.2) is 31.0 Å². The Kier molecular flexibility index (Phi) is 3.85. The fourth-order valence-electron chi connectivity index (χ4n) is 2.06. The molecular weight excluding hydrogens is 322 g/mol. The number of carbonyl (C=O) groups is 1. The van der Waals surface area contributed by atoms with Crippen LogP contribution in [0.5, 0.6) is 0 Å². The zero-order valence-corrected chi connectivity index (χ0v) is 12.0. The van der Waals surface area contributed by atoms with Crippen LogP contribution in [0.1, 0.15) is 12.0 Å². The summed E-state index contributed by atoms with van der Waals surface area (Å²) in [5.41, 5.74) is -0.416. The second-order valence-electron chi connectivity index (χ2n) is 4.38. The van der Waals surface area contributed by atoms with Crippen molar-refractivity contribution in [1.82, 2.24) is 0 Å². The van der Waals surface area contributed by atoms with E-state index in [1.54, 1.807) is 6.07 Å². The van der Waals surface area contributed by atoms with Gasteiger partial charge in [-0.3, -0.25) is 14.9 Å². The number of nitro benzene ring substituents is 1. The molecular formula is C11H8ClN3O5S. The highest BCUT2D eigenvalue weighted by Crippen LogP contribution is 2.34. The number of carbonyl (C=O) groups excluding carboxylic acids is 1. The monoisotopic (exact) mass is 329 g/mol. The van der Waals surface area contributed by atoms with Gasteiger partial charge in [0.05, 0.1) is 16.6 Å². The lowest BCUT2D eigenvalue weighted by atomic mass is 10.1. The van der Waals surface area contributed by atoms with Crippen molar-refractivity contribution in [2.24, 2.45) is 0 Å². The molecule has 1 aliphatic heterocycles. The second kappa shape index (κ2) is 5.31. The second-order valence-corrected chi connectivity index (χ2v) is 7.29. The maximum atomic E-state index is 11.9. The number of nitro groups is 1. The van der Waals surface area contributed by atoms with E-state index in [1.165, 1.54) is 12.1 Å². The molecule has 10 heteroatoms. The summed E-state index contributed by atoms with van der Waals surface area (Å²) in [5.74, 6) is -0.572. The number of hydrogen-bond acceptors (Lipinski definition) is 6. The number of amides is 1. The molecule has 0 aromatic heterocycles. The molecule has 1 unspecified atom stereocenters. The molecule has 1 aliphatic rings. The van der Waals surface area contributed by atoms with Gasteiger partial charge in [-0.2, -0.15) is 5.26 Å². The van der Waals surface area contributed by atoms with Crippen molar-refractivity contribution in [3.8, 4) is 6.07 Å². The van der Waals surface area contributed by atoms with Crippen LogP contribution in [0.3, 0.4) is 0 Å². The van der Waals surface area contributed by atoms with E-state index < -0.39 is 30.8 Å². The van der Waals surface area contributed by atoms with Gasteiger partial charge in [-0.05, 0) is 12.1 Å². The lowest BCUT2D eigenvalue weighted by molar-refractivity contribution is -0.384. The molecule has 1 fully saturated rings. The Hall–Kier alpha value is -2.18. The first kappa shape index (κ1) is 15.2. The van der Waals surface area contributed by atoms with Crippen molar-refractivity contribution in [1.29, 1.82) is 5.26 Å². The highest BCUT2D eigenvalue weighted by molar-refractivity contribution is 8.14. The number of benzene rings is 1. The summed E-state index contributed by atoms with van der Waals surface area (Å²) < 4.78 is 22.6. The molecule has 0 N–H and O–H groups in total. The summed E-state index contributed by atoms with van der Waals surface area (Å²) in [6.45, 7) is -0.253. The highest BCUT2D eigenvalue weighted by Gasteiger charge is 2.40. The minimum atomic E-state index is -3.93. The Morgan fingerprint density at radius 1 is 1.48 bits per heavy atom. The fraction of sp³-hybridized carbons (Fsp3) is 0.273. The molecule has 0 bridgehead atoms. The molecule has 0 aliphatic carbocycles. The van der Waals surface area contributed by atoms with Gasteiger partial charge in [0.2, 0.25) is 15.0 Å². The first-order chi connectivity index (χ1) is 9.74. The van der Waals surface area contributed by atoms with Crippen LogP contribution < -0.4 is 4.90 Å². The standard InChI is InChI=1S/C11H8ClN3O5S/c12-21(19,20)8-4-11(16)14(6-8)9-2-1-7(5-13)3-10(9)15(17)18/h1-3,8H,4,6H2. The SMILES string of the molecule is N#Cc1ccc(N2CC(S(=O)(=O)Cl)CC2=O)c([N+](=O)[O-])c1. The Bertz CT molecular complexity index is 771. The third kappa shape index (κ3) is 2.96. The van der Waals surface area contributed by atoms with E-state index in [1.807, 2.05) is 0 Å². The van der Waals surface area contributed by atoms with Crippen molar-refractivity contribution < 1.29 is 18.1 Å². The van der Waals surface area contributed by atoms with Crippen molar-refractivity contribution in [3.63, 3.8) is 0 Å².